The predicted molar refractivity (Wildman–Crippen MR) is 70.1 cm³/mol. The maximum absolute atomic E-state index is 11.9. The van der Waals surface area contributed by atoms with E-state index in [1.54, 1.807) is 0 Å². The number of rotatable bonds is 7. The van der Waals surface area contributed by atoms with Crippen LogP contribution >= 0.6 is 15.4 Å². The largest absolute Gasteiger partial charge is 0.479 e. The second kappa shape index (κ2) is 6.11. The molecule has 1 aromatic rings. The molecule has 2 N–H and O–H groups in total. The summed E-state index contributed by atoms with van der Waals surface area (Å²) in [7, 11) is -11.1. The minimum atomic E-state index is -4.77. The van der Waals surface area contributed by atoms with E-state index in [9.17, 15) is 17.5 Å². The van der Waals surface area contributed by atoms with Crippen LogP contribution in [0.2, 0.25) is 0 Å². The molecule has 1 heterocycles. The summed E-state index contributed by atoms with van der Waals surface area (Å²) in [4.78, 5) is 17.9. The normalized spacial score (nSPS) is 18.4. The number of hydrogen-bond acceptors (Lipinski definition) is 6. The van der Waals surface area contributed by atoms with Crippen molar-refractivity contribution in [2.75, 3.05) is 19.0 Å². The van der Waals surface area contributed by atoms with Crippen LogP contribution in [0.15, 0.2) is 23.4 Å². The van der Waals surface area contributed by atoms with Crippen molar-refractivity contribution in [3.8, 4) is 0 Å². The van der Waals surface area contributed by atoms with Gasteiger partial charge in [-0.15, -0.1) is 0 Å². The minimum absolute atomic E-state index is 0.0260. The van der Waals surface area contributed by atoms with Crippen LogP contribution in [0.4, 0.5) is 0 Å². The molecule has 2 atom stereocenters. The molecule has 1 rings (SSSR count). The third-order valence-electron chi connectivity index (χ3n) is 2.08. The van der Waals surface area contributed by atoms with Crippen molar-refractivity contribution in [3.05, 3.63) is 18.3 Å². The summed E-state index contributed by atoms with van der Waals surface area (Å²) in [5, 5.41) is 0.0260. The van der Waals surface area contributed by atoms with Gasteiger partial charge < -0.3 is 14.4 Å². The Labute approximate surface area is 116 Å². The molecule has 2 unspecified atom stereocenters. The van der Waals surface area contributed by atoms with Gasteiger partial charge in [0, 0.05) is 19.9 Å². The van der Waals surface area contributed by atoms with Gasteiger partial charge in [0.2, 0.25) is 0 Å². The summed E-state index contributed by atoms with van der Waals surface area (Å²) in [6.07, 6.45) is 1.53. The van der Waals surface area contributed by atoms with E-state index in [4.69, 9.17) is 9.79 Å². The molecule has 12 heteroatoms. The Balaban J connectivity index is 2.63. The van der Waals surface area contributed by atoms with Gasteiger partial charge in [-0.3, -0.25) is 9.09 Å². The Bertz CT molecular complexity index is 660. The maximum atomic E-state index is 11.9. The second-order valence-corrected chi connectivity index (χ2v) is 9.47. The zero-order chi connectivity index (χ0) is 15.6. The first kappa shape index (κ1) is 17.6. The molecule has 0 aliphatic carbocycles. The molecule has 0 spiro atoms. The van der Waals surface area contributed by atoms with E-state index in [-0.39, 0.29) is 5.03 Å². The fourth-order valence-corrected chi connectivity index (χ4v) is 4.81. The fourth-order valence-electron chi connectivity index (χ4n) is 1.35. The molecule has 0 saturated carbocycles. The third-order valence-corrected chi connectivity index (χ3v) is 6.39. The Morgan fingerprint density at radius 3 is 2.40 bits per heavy atom. The van der Waals surface area contributed by atoms with Crippen molar-refractivity contribution in [2.45, 2.75) is 5.03 Å². The Morgan fingerprint density at radius 2 is 1.95 bits per heavy atom. The summed E-state index contributed by atoms with van der Waals surface area (Å²) < 4.78 is 55.5. The Morgan fingerprint density at radius 1 is 1.35 bits per heavy atom. The molecule has 0 radical (unpaired) electrons. The van der Waals surface area contributed by atoms with Crippen LogP contribution in [-0.4, -0.2) is 41.8 Å². The van der Waals surface area contributed by atoms with E-state index < -0.39 is 37.6 Å². The molecule has 0 aliphatic rings. The topological polar surface area (TPSA) is 132 Å². The number of phosphoric acid groups is 1. The Hall–Kier alpha value is -0.470. The molecule has 0 saturated heterocycles. The first-order valence-corrected chi connectivity index (χ1v) is 10.4. The lowest BCUT2D eigenvalue weighted by Gasteiger charge is -2.13. The standard InChI is InChI=1S/C8H15NO8P2S/c1-9-5-3-4-8(9)20(14,15)7-6-16-19(12,13)17-18(2,10)11/h3-5H,6-7H2,1-2H3,(H,10,11)(H,12,13). The second-order valence-electron chi connectivity index (χ2n) is 3.96. The summed E-state index contributed by atoms with van der Waals surface area (Å²) >= 11 is 0. The van der Waals surface area contributed by atoms with Gasteiger partial charge in [-0.25, -0.2) is 17.3 Å². The van der Waals surface area contributed by atoms with E-state index in [2.05, 4.69) is 8.83 Å². The van der Waals surface area contributed by atoms with Crippen LogP contribution in [-0.2, 0) is 34.8 Å². The molecule has 0 aliphatic heterocycles. The van der Waals surface area contributed by atoms with Crippen LogP contribution in [0.1, 0.15) is 0 Å². The lowest BCUT2D eigenvalue weighted by atomic mass is 10.7. The summed E-state index contributed by atoms with van der Waals surface area (Å²) in [6, 6.07) is 2.91. The molecular formula is C8H15NO8P2S. The van der Waals surface area contributed by atoms with E-state index in [1.165, 1.54) is 29.9 Å². The third kappa shape index (κ3) is 5.49. The smallest absolute Gasteiger partial charge is 0.342 e. The van der Waals surface area contributed by atoms with E-state index in [0.717, 1.165) is 0 Å². The summed E-state index contributed by atoms with van der Waals surface area (Å²) in [5.74, 6) is -0.571. The van der Waals surface area contributed by atoms with Crippen LogP contribution < -0.4 is 0 Å². The molecule has 116 valence electrons. The molecule has 0 amide bonds. The zero-order valence-corrected chi connectivity index (χ0v) is 13.3. The van der Waals surface area contributed by atoms with Crippen molar-refractivity contribution >= 4 is 25.3 Å². The maximum Gasteiger partial charge on any atom is 0.479 e. The number of sulfone groups is 1. The number of aromatic nitrogens is 1. The van der Waals surface area contributed by atoms with Crippen molar-refractivity contribution < 1.29 is 36.2 Å². The first-order valence-electron chi connectivity index (χ1n) is 5.26. The van der Waals surface area contributed by atoms with Crippen molar-refractivity contribution in [1.82, 2.24) is 4.57 Å². The molecule has 20 heavy (non-hydrogen) atoms. The van der Waals surface area contributed by atoms with Crippen molar-refractivity contribution in [2.24, 2.45) is 7.05 Å². The van der Waals surface area contributed by atoms with E-state index in [0.29, 0.717) is 6.66 Å². The van der Waals surface area contributed by atoms with E-state index in [1.807, 2.05) is 0 Å². The van der Waals surface area contributed by atoms with Crippen LogP contribution in [0.5, 0.6) is 0 Å². The van der Waals surface area contributed by atoms with Crippen LogP contribution in [0, 0.1) is 0 Å². The highest BCUT2D eigenvalue weighted by Gasteiger charge is 2.30. The van der Waals surface area contributed by atoms with Gasteiger partial charge in [0.05, 0.1) is 12.4 Å². The highest BCUT2D eigenvalue weighted by atomic mass is 32.2. The van der Waals surface area contributed by atoms with Gasteiger partial charge in [0.1, 0.15) is 5.03 Å². The van der Waals surface area contributed by atoms with Gasteiger partial charge in [0.15, 0.2) is 9.84 Å². The van der Waals surface area contributed by atoms with Gasteiger partial charge in [-0.05, 0) is 12.1 Å². The Kier molecular flexibility index (Phi) is 5.37. The highest BCUT2D eigenvalue weighted by molar-refractivity contribution is 7.91. The van der Waals surface area contributed by atoms with Gasteiger partial charge in [-0.1, -0.05) is 0 Å². The monoisotopic (exact) mass is 347 g/mol. The fraction of sp³-hybridized carbons (Fsp3) is 0.500. The van der Waals surface area contributed by atoms with Crippen molar-refractivity contribution in [3.63, 3.8) is 0 Å². The SMILES string of the molecule is Cn1cccc1S(=O)(=O)CCOP(=O)(O)OP(C)(=O)O. The molecule has 0 fully saturated rings. The number of aryl methyl sites for hydroxylation is 1. The summed E-state index contributed by atoms with van der Waals surface area (Å²) in [5.41, 5.74) is 0. The van der Waals surface area contributed by atoms with Crippen molar-refractivity contribution in [1.29, 1.82) is 0 Å². The van der Waals surface area contributed by atoms with Gasteiger partial charge in [-0.2, -0.15) is 0 Å². The molecule has 9 nitrogen and oxygen atoms in total. The minimum Gasteiger partial charge on any atom is -0.342 e. The predicted octanol–water partition coefficient (Wildman–Crippen LogP) is 0.748. The lowest BCUT2D eigenvalue weighted by Crippen LogP contribution is -2.14. The molecule has 0 aromatic carbocycles. The summed E-state index contributed by atoms with van der Waals surface area (Å²) in [6.45, 7) is 0.0568. The first-order chi connectivity index (χ1) is 8.93. The number of hydrogen-bond donors (Lipinski definition) is 2. The lowest BCUT2D eigenvalue weighted by molar-refractivity contribution is 0.206. The number of phosphoric ester groups is 1. The van der Waals surface area contributed by atoms with Crippen LogP contribution in [0.3, 0.4) is 0 Å². The van der Waals surface area contributed by atoms with E-state index >= 15 is 0 Å². The quantitative estimate of drug-likeness (QED) is 0.691. The average Bonchev–Trinajstić information content (AvgIpc) is 2.60. The molecule has 0 bridgehead atoms. The number of nitrogens with zero attached hydrogens (tertiary/aromatic N) is 1. The zero-order valence-electron chi connectivity index (χ0n) is 10.7. The van der Waals surface area contributed by atoms with Gasteiger partial charge >= 0.3 is 15.4 Å². The molecule has 1 aromatic heterocycles. The van der Waals surface area contributed by atoms with Crippen LogP contribution in [0.25, 0.3) is 0 Å². The van der Waals surface area contributed by atoms with Gasteiger partial charge in [0.25, 0.3) is 0 Å². The molecular weight excluding hydrogens is 332 g/mol. The average molecular weight is 347 g/mol. The highest BCUT2D eigenvalue weighted by Crippen LogP contribution is 2.57.